The minimum absolute atomic E-state index is 0.0883. The number of fused-ring (bicyclic) bond motifs is 1. The number of amides is 1. The van der Waals surface area contributed by atoms with Gasteiger partial charge in [-0.1, -0.05) is 60.7 Å². The third kappa shape index (κ3) is 5.32. The van der Waals surface area contributed by atoms with Crippen LogP contribution < -0.4 is 20.8 Å². The van der Waals surface area contributed by atoms with E-state index in [4.69, 9.17) is 9.15 Å². The Hall–Kier alpha value is -4.39. The number of aliphatic carboxylic acids is 1. The Bertz CT molecular complexity index is 1360. The molecular weight excluding hydrogens is 434 g/mol. The van der Waals surface area contributed by atoms with Crippen molar-refractivity contribution in [3.8, 4) is 16.9 Å². The summed E-state index contributed by atoms with van der Waals surface area (Å²) in [5, 5.41) is 14.7. The van der Waals surface area contributed by atoms with Gasteiger partial charge >= 0.3 is 5.63 Å². The predicted octanol–water partition coefficient (Wildman–Crippen LogP) is 2.70. The fraction of sp³-hybridized carbons (Fsp3) is 0.148. The minimum Gasteiger partial charge on any atom is -0.548 e. The highest BCUT2D eigenvalue weighted by Crippen LogP contribution is 2.29. The average molecular weight is 456 g/mol. The molecule has 1 aromatic heterocycles. The lowest BCUT2D eigenvalue weighted by Crippen LogP contribution is -2.52. The Morgan fingerprint density at radius 2 is 1.65 bits per heavy atom. The Morgan fingerprint density at radius 3 is 2.32 bits per heavy atom. The van der Waals surface area contributed by atoms with E-state index in [9.17, 15) is 19.5 Å². The third-order valence-corrected chi connectivity index (χ3v) is 5.37. The summed E-state index contributed by atoms with van der Waals surface area (Å²) in [7, 11) is 0. The summed E-state index contributed by atoms with van der Waals surface area (Å²) in [6.07, 6.45) is -0.913. The smallest absolute Gasteiger partial charge is 0.336 e. The fourth-order valence-electron chi connectivity index (χ4n) is 3.66. The van der Waals surface area contributed by atoms with Gasteiger partial charge in [0.1, 0.15) is 11.3 Å². The quantitative estimate of drug-likeness (QED) is 0.409. The molecule has 0 spiro atoms. The maximum atomic E-state index is 12.6. The molecule has 1 heterocycles. The number of ether oxygens (including phenoxy) is 1. The maximum Gasteiger partial charge on any atom is 0.336 e. The molecule has 0 bridgehead atoms. The second kappa shape index (κ2) is 10.0. The van der Waals surface area contributed by atoms with E-state index in [1.54, 1.807) is 36.4 Å². The summed E-state index contributed by atoms with van der Waals surface area (Å²) < 4.78 is 11.1. The topological polar surface area (TPSA) is 109 Å². The first kappa shape index (κ1) is 22.8. The van der Waals surface area contributed by atoms with Crippen LogP contribution in [-0.2, 0) is 16.0 Å². The van der Waals surface area contributed by atoms with Gasteiger partial charge in [-0.15, -0.1) is 0 Å². The summed E-state index contributed by atoms with van der Waals surface area (Å²) in [6, 6.07) is 23.6. The van der Waals surface area contributed by atoms with Crippen molar-refractivity contribution in [1.29, 1.82) is 0 Å². The fourth-order valence-corrected chi connectivity index (χ4v) is 3.66. The van der Waals surface area contributed by atoms with Gasteiger partial charge in [-0.2, -0.15) is 0 Å². The van der Waals surface area contributed by atoms with E-state index >= 15 is 0 Å². The molecule has 0 aliphatic rings. The molecule has 0 radical (unpaired) electrons. The molecule has 4 aromatic rings. The molecular formula is C27H22NO6-. The summed E-state index contributed by atoms with van der Waals surface area (Å²) in [4.78, 5) is 36.3. The normalized spacial score (nSPS) is 12.6. The lowest BCUT2D eigenvalue weighted by atomic mass is 10.0. The van der Waals surface area contributed by atoms with E-state index in [0.717, 1.165) is 22.1 Å². The zero-order valence-electron chi connectivity index (χ0n) is 18.4. The molecule has 172 valence electrons. The lowest BCUT2D eigenvalue weighted by molar-refractivity contribution is -0.308. The number of benzene rings is 3. The number of hydrogen-bond donors (Lipinski definition) is 1. The van der Waals surface area contributed by atoms with Crippen molar-refractivity contribution >= 4 is 22.8 Å². The highest BCUT2D eigenvalue weighted by atomic mass is 16.5. The van der Waals surface area contributed by atoms with Gasteiger partial charge in [0.05, 0.1) is 12.0 Å². The summed E-state index contributed by atoms with van der Waals surface area (Å²) in [6.45, 7) is 1.50. The standard InChI is InChI=1S/C27H23NO6/c1-17(26(30)28-23(27(31)32)14-18-8-4-2-5-9-18)33-20-12-13-21-22(19-10-6-3-7-11-19)16-25(29)34-24(21)15-20/h2-13,15-17,23H,14H2,1H3,(H,28,30)(H,31,32)/p-1/t17-,23-/m1/s1. The van der Waals surface area contributed by atoms with Gasteiger partial charge in [0.15, 0.2) is 6.10 Å². The van der Waals surface area contributed by atoms with Crippen LogP contribution >= 0.6 is 0 Å². The predicted molar refractivity (Wildman–Crippen MR) is 125 cm³/mol. The van der Waals surface area contributed by atoms with Gasteiger partial charge in [-0.25, -0.2) is 4.79 Å². The molecule has 0 fully saturated rings. The zero-order valence-corrected chi connectivity index (χ0v) is 18.4. The Kier molecular flexibility index (Phi) is 6.73. The van der Waals surface area contributed by atoms with Crippen LogP contribution in [0.1, 0.15) is 12.5 Å². The third-order valence-electron chi connectivity index (χ3n) is 5.37. The van der Waals surface area contributed by atoms with Crippen LogP contribution in [0.25, 0.3) is 22.1 Å². The Labute approximate surface area is 195 Å². The number of carboxylic acids is 1. The van der Waals surface area contributed by atoms with Crippen molar-refractivity contribution in [1.82, 2.24) is 5.32 Å². The van der Waals surface area contributed by atoms with Gasteiger partial charge in [0.2, 0.25) is 0 Å². The van der Waals surface area contributed by atoms with Crippen molar-refractivity contribution in [3.05, 3.63) is 101 Å². The first-order valence-corrected chi connectivity index (χ1v) is 10.8. The highest BCUT2D eigenvalue weighted by Gasteiger charge is 2.21. The van der Waals surface area contributed by atoms with Gasteiger partial charge in [0, 0.05) is 17.5 Å². The molecule has 0 aliphatic heterocycles. The number of carboxylic acid groups (broad SMARTS) is 1. The van der Waals surface area contributed by atoms with E-state index in [-0.39, 0.29) is 6.42 Å². The first-order chi connectivity index (χ1) is 16.4. The molecule has 0 saturated heterocycles. The summed E-state index contributed by atoms with van der Waals surface area (Å²) in [5.41, 5.74) is 2.15. The van der Waals surface area contributed by atoms with Crippen molar-refractivity contribution in [2.45, 2.75) is 25.5 Å². The molecule has 0 unspecified atom stereocenters. The number of hydrogen-bond acceptors (Lipinski definition) is 6. The van der Waals surface area contributed by atoms with E-state index in [0.29, 0.717) is 11.3 Å². The van der Waals surface area contributed by atoms with Crippen LogP contribution in [0.15, 0.2) is 94.1 Å². The highest BCUT2D eigenvalue weighted by molar-refractivity contribution is 5.94. The molecule has 3 aromatic carbocycles. The van der Waals surface area contributed by atoms with E-state index in [2.05, 4.69) is 5.32 Å². The van der Waals surface area contributed by atoms with Crippen LogP contribution in [0.3, 0.4) is 0 Å². The second-order valence-electron chi connectivity index (χ2n) is 7.83. The van der Waals surface area contributed by atoms with Gasteiger partial charge in [0.25, 0.3) is 5.91 Å². The molecule has 0 saturated carbocycles. The molecule has 0 aliphatic carbocycles. The lowest BCUT2D eigenvalue weighted by Gasteiger charge is -2.22. The molecule has 7 nitrogen and oxygen atoms in total. The minimum atomic E-state index is -1.38. The van der Waals surface area contributed by atoms with Gasteiger partial charge in [-0.3, -0.25) is 4.79 Å². The first-order valence-electron chi connectivity index (χ1n) is 10.8. The second-order valence-corrected chi connectivity index (χ2v) is 7.83. The number of rotatable bonds is 8. The molecule has 1 amide bonds. The SMILES string of the molecule is C[C@@H](Oc1ccc2c(-c3ccccc3)cc(=O)oc2c1)C(=O)N[C@H](Cc1ccccc1)C(=O)[O-]. The zero-order chi connectivity index (χ0) is 24.1. The summed E-state index contributed by atoms with van der Waals surface area (Å²) >= 11 is 0. The van der Waals surface area contributed by atoms with Crippen LogP contribution in [0.4, 0.5) is 0 Å². The monoisotopic (exact) mass is 456 g/mol. The van der Waals surface area contributed by atoms with E-state index in [1.807, 2.05) is 36.4 Å². The Balaban J connectivity index is 1.51. The van der Waals surface area contributed by atoms with Crippen LogP contribution in [0.2, 0.25) is 0 Å². The van der Waals surface area contributed by atoms with Gasteiger partial charge < -0.3 is 24.4 Å². The van der Waals surface area contributed by atoms with Crippen LogP contribution in [-0.4, -0.2) is 24.0 Å². The van der Waals surface area contributed by atoms with Crippen LogP contribution in [0.5, 0.6) is 5.75 Å². The molecule has 34 heavy (non-hydrogen) atoms. The summed E-state index contributed by atoms with van der Waals surface area (Å²) in [5.74, 6) is -1.69. The molecule has 4 rings (SSSR count). The Morgan fingerprint density at radius 1 is 0.971 bits per heavy atom. The number of carbonyl (C=O) groups excluding carboxylic acids is 2. The van der Waals surface area contributed by atoms with Crippen molar-refractivity contribution in [2.75, 3.05) is 0 Å². The van der Waals surface area contributed by atoms with Crippen molar-refractivity contribution in [2.24, 2.45) is 0 Å². The molecule has 1 N–H and O–H groups in total. The molecule has 7 heteroatoms. The van der Waals surface area contributed by atoms with Crippen LogP contribution in [0, 0.1) is 0 Å². The molecule has 2 atom stereocenters. The van der Waals surface area contributed by atoms with Crippen molar-refractivity contribution in [3.63, 3.8) is 0 Å². The van der Waals surface area contributed by atoms with Gasteiger partial charge in [-0.05, 0) is 42.2 Å². The number of nitrogens with one attached hydrogen (secondary N) is 1. The van der Waals surface area contributed by atoms with E-state index < -0.39 is 29.6 Å². The maximum absolute atomic E-state index is 12.6. The van der Waals surface area contributed by atoms with E-state index in [1.165, 1.54) is 19.1 Å². The number of carbonyl (C=O) groups is 2. The largest absolute Gasteiger partial charge is 0.548 e. The van der Waals surface area contributed by atoms with Crippen molar-refractivity contribution < 1.29 is 23.8 Å². The average Bonchev–Trinajstić information content (AvgIpc) is 2.84.